The van der Waals surface area contributed by atoms with Gasteiger partial charge in [-0.25, -0.2) is 38.7 Å². The first-order valence-electron chi connectivity index (χ1n) is 23.3. The highest BCUT2D eigenvalue weighted by molar-refractivity contribution is 5.82. The summed E-state index contributed by atoms with van der Waals surface area (Å²) in [5, 5.41) is 6.93. The summed E-state index contributed by atoms with van der Waals surface area (Å²) in [5.41, 5.74) is 6.31. The number of nitrogens with one attached hydrogen (secondary N) is 2. The highest BCUT2D eigenvalue weighted by atomic mass is 19.1. The largest absolute Gasteiger partial charge is 0.351 e. The zero-order chi connectivity index (χ0) is 44.8. The number of imidazole rings is 2. The van der Waals surface area contributed by atoms with Gasteiger partial charge in [0, 0.05) is 54.3 Å². The van der Waals surface area contributed by atoms with Crippen LogP contribution in [0, 0.1) is 11.6 Å². The number of aromatic nitrogens is 10. The molecule has 8 aromatic rings. The molecule has 15 heteroatoms. The molecular weight excluding hydrogens is 833 g/mol. The second-order valence-electron chi connectivity index (χ2n) is 17.4. The molecule has 0 amide bonds. The topological polar surface area (TPSA) is 140 Å². The van der Waals surface area contributed by atoms with Gasteiger partial charge in [0.1, 0.15) is 34.9 Å². The number of fused-ring (bicyclic) bond motifs is 2. The van der Waals surface area contributed by atoms with Crippen LogP contribution in [0.25, 0.3) is 62.8 Å². The standard InChI is InChI=1S/C28H32FN7.C23H21FN6/c29-21-10-8-20(9-11-21)27-34-26-24(13-12-23(31-26)15-19-35-17-4-1-5-18-35)36(27)25-14-16-30-28(33-25)32-22-6-2-3-7-22;1-2-17-11-12-19-21(26-17)29-22(15-7-9-16(24)10-8-15)30(19)20-13-14-25-23(28-20)27-18-5-3-4-6-18/h8-14,16,22H,1-7,15,17-19H2,(H,30,32,33);2,7-14,18H,1,3-6H2,(H,25,27,28). The van der Waals surface area contributed by atoms with Crippen molar-refractivity contribution in [2.45, 2.75) is 89.1 Å². The molecule has 3 fully saturated rings. The minimum atomic E-state index is -0.293. The van der Waals surface area contributed by atoms with Crippen LogP contribution in [0.5, 0.6) is 0 Å². The third-order valence-corrected chi connectivity index (χ3v) is 12.8. The molecule has 0 radical (unpaired) electrons. The summed E-state index contributed by atoms with van der Waals surface area (Å²) in [6.45, 7) is 7.16. The van der Waals surface area contributed by atoms with Crippen molar-refractivity contribution in [1.82, 2.24) is 53.9 Å². The number of piperidine rings is 1. The first-order valence-corrected chi connectivity index (χ1v) is 23.3. The number of halogens is 2. The van der Waals surface area contributed by atoms with Gasteiger partial charge in [-0.1, -0.05) is 38.7 Å². The van der Waals surface area contributed by atoms with E-state index in [4.69, 9.17) is 24.9 Å². The maximum Gasteiger partial charge on any atom is 0.224 e. The Hall–Kier alpha value is -7.00. The van der Waals surface area contributed by atoms with Gasteiger partial charge in [-0.3, -0.25) is 9.13 Å². The van der Waals surface area contributed by atoms with Crippen LogP contribution in [0.1, 0.15) is 82.0 Å². The fraction of sp³-hybridized carbons (Fsp3) is 0.333. The minimum Gasteiger partial charge on any atom is -0.351 e. The molecule has 13 nitrogen and oxygen atoms in total. The van der Waals surface area contributed by atoms with Crippen LogP contribution in [0.2, 0.25) is 0 Å². The van der Waals surface area contributed by atoms with Crippen LogP contribution in [0.15, 0.2) is 104 Å². The lowest BCUT2D eigenvalue weighted by Gasteiger charge is -2.26. The number of hydrogen-bond donors (Lipinski definition) is 2. The highest BCUT2D eigenvalue weighted by Gasteiger charge is 2.22. The van der Waals surface area contributed by atoms with Gasteiger partial charge in [0.15, 0.2) is 11.3 Å². The average molecular weight is 886 g/mol. The van der Waals surface area contributed by atoms with E-state index in [9.17, 15) is 8.78 Å². The van der Waals surface area contributed by atoms with Gasteiger partial charge in [-0.2, -0.15) is 9.97 Å². The molecule has 1 saturated heterocycles. The number of likely N-dealkylation sites (tertiary alicyclic amines) is 1. The number of anilines is 2. The quantitative estimate of drug-likeness (QED) is 0.121. The maximum atomic E-state index is 13.7. The van der Waals surface area contributed by atoms with Crippen molar-refractivity contribution in [3.05, 3.63) is 127 Å². The van der Waals surface area contributed by atoms with Crippen molar-refractivity contribution in [3.8, 4) is 34.4 Å². The predicted octanol–water partition coefficient (Wildman–Crippen LogP) is 10.4. The Labute approximate surface area is 382 Å². The summed E-state index contributed by atoms with van der Waals surface area (Å²) >= 11 is 0. The van der Waals surface area contributed by atoms with Crippen LogP contribution in [-0.4, -0.2) is 85.6 Å². The Morgan fingerprint density at radius 1 is 0.545 bits per heavy atom. The van der Waals surface area contributed by atoms with E-state index in [1.807, 2.05) is 33.4 Å². The molecule has 11 rings (SSSR count). The first-order chi connectivity index (χ1) is 32.4. The number of nitrogens with zero attached hydrogens (tertiary/aromatic N) is 11. The Kier molecular flexibility index (Phi) is 12.8. The SMILES string of the molecule is C=Cc1ccc2c(n1)nc(-c1ccc(F)cc1)n2-c1ccnc(NC2CCCC2)n1.Fc1ccc(-c2nc3nc(CCN4CCCCC4)ccc3n2-c2ccnc(NC3CCCC3)n2)cc1. The fourth-order valence-electron chi connectivity index (χ4n) is 9.33. The van der Waals surface area contributed by atoms with E-state index >= 15 is 0 Å². The molecule has 66 heavy (non-hydrogen) atoms. The molecule has 2 saturated carbocycles. The lowest BCUT2D eigenvalue weighted by atomic mass is 10.1. The van der Waals surface area contributed by atoms with E-state index in [0.29, 0.717) is 52.7 Å². The molecule has 6 aromatic heterocycles. The summed E-state index contributed by atoms with van der Waals surface area (Å²) in [5.74, 6) is 3.39. The normalized spacial score (nSPS) is 15.8. The maximum absolute atomic E-state index is 13.7. The van der Waals surface area contributed by atoms with Crippen molar-refractivity contribution in [1.29, 1.82) is 0 Å². The Balaban J connectivity index is 0.000000158. The van der Waals surface area contributed by atoms with Gasteiger partial charge in [0.05, 0.1) is 16.7 Å². The molecule has 0 spiro atoms. The summed E-state index contributed by atoms with van der Waals surface area (Å²) in [4.78, 5) is 40.1. The van der Waals surface area contributed by atoms with Gasteiger partial charge >= 0.3 is 0 Å². The molecule has 0 unspecified atom stereocenters. The second-order valence-corrected chi connectivity index (χ2v) is 17.4. The lowest BCUT2D eigenvalue weighted by molar-refractivity contribution is 0.231. The molecule has 0 bridgehead atoms. The van der Waals surface area contributed by atoms with Gasteiger partial charge in [0.25, 0.3) is 0 Å². The predicted molar refractivity (Wildman–Crippen MR) is 256 cm³/mol. The van der Waals surface area contributed by atoms with Crippen molar-refractivity contribution in [3.63, 3.8) is 0 Å². The monoisotopic (exact) mass is 885 g/mol. The second kappa shape index (κ2) is 19.6. The molecule has 1 aliphatic heterocycles. The van der Waals surface area contributed by atoms with Crippen LogP contribution in [0.4, 0.5) is 20.7 Å². The smallest absolute Gasteiger partial charge is 0.224 e. The van der Waals surface area contributed by atoms with Gasteiger partial charge in [-0.05, 0) is 143 Å². The minimum absolute atomic E-state index is 0.273. The molecule has 2 aromatic carbocycles. The number of benzene rings is 2. The molecule has 0 atom stereocenters. The molecule has 2 N–H and O–H groups in total. The first kappa shape index (κ1) is 42.9. The summed E-state index contributed by atoms with van der Waals surface area (Å²) in [6.07, 6.45) is 19.5. The van der Waals surface area contributed by atoms with Crippen LogP contribution < -0.4 is 10.6 Å². The van der Waals surface area contributed by atoms with Gasteiger partial charge in [-0.15, -0.1) is 0 Å². The van der Waals surface area contributed by atoms with E-state index in [-0.39, 0.29) is 11.6 Å². The Morgan fingerprint density at radius 2 is 1.05 bits per heavy atom. The van der Waals surface area contributed by atoms with Crippen LogP contribution >= 0.6 is 0 Å². The van der Waals surface area contributed by atoms with Crippen molar-refractivity contribution < 1.29 is 8.78 Å². The molecule has 2 aliphatic carbocycles. The third-order valence-electron chi connectivity index (χ3n) is 12.8. The van der Waals surface area contributed by atoms with E-state index in [1.54, 1.807) is 42.7 Å². The van der Waals surface area contributed by atoms with E-state index in [0.717, 1.165) is 78.0 Å². The fourth-order valence-corrected chi connectivity index (χ4v) is 9.33. The van der Waals surface area contributed by atoms with Crippen LogP contribution in [0.3, 0.4) is 0 Å². The van der Waals surface area contributed by atoms with Crippen molar-refractivity contribution in [2.75, 3.05) is 30.3 Å². The van der Waals surface area contributed by atoms with Gasteiger partial charge in [0.2, 0.25) is 11.9 Å². The average Bonchev–Trinajstić information content (AvgIpc) is 4.20. The lowest BCUT2D eigenvalue weighted by Crippen LogP contribution is -2.31. The van der Waals surface area contributed by atoms with Crippen molar-refractivity contribution >= 4 is 40.3 Å². The molecule has 7 heterocycles. The number of hydrogen-bond acceptors (Lipinski definition) is 11. The Morgan fingerprint density at radius 3 is 1.56 bits per heavy atom. The Bertz CT molecular complexity index is 2930. The third kappa shape index (κ3) is 9.66. The summed E-state index contributed by atoms with van der Waals surface area (Å²) in [7, 11) is 0. The molecular formula is C51H53F2N13. The number of pyridine rings is 2. The molecule has 3 aliphatic rings. The summed E-state index contributed by atoms with van der Waals surface area (Å²) < 4.78 is 31.1. The van der Waals surface area contributed by atoms with E-state index < -0.39 is 0 Å². The molecule has 336 valence electrons. The van der Waals surface area contributed by atoms with E-state index in [1.165, 1.54) is 82.3 Å². The van der Waals surface area contributed by atoms with Crippen molar-refractivity contribution in [2.24, 2.45) is 0 Å². The summed E-state index contributed by atoms with van der Waals surface area (Å²) in [6, 6.07) is 25.3. The van der Waals surface area contributed by atoms with Crippen LogP contribution in [-0.2, 0) is 6.42 Å². The zero-order valence-corrected chi connectivity index (χ0v) is 37.0. The highest BCUT2D eigenvalue weighted by Crippen LogP contribution is 2.31. The van der Waals surface area contributed by atoms with Gasteiger partial charge < -0.3 is 15.5 Å². The number of rotatable bonds is 12. The van der Waals surface area contributed by atoms with E-state index in [2.05, 4.69) is 49.2 Å². The zero-order valence-electron chi connectivity index (χ0n) is 37.0.